The Kier molecular flexibility index (Phi) is 3.92. The van der Waals surface area contributed by atoms with Crippen molar-refractivity contribution in [2.45, 2.75) is 24.4 Å². The predicted octanol–water partition coefficient (Wildman–Crippen LogP) is -1.74. The molecule has 1 aromatic rings. The Morgan fingerprint density at radius 2 is 2.26 bits per heavy atom. The van der Waals surface area contributed by atoms with Crippen molar-refractivity contribution >= 4 is 13.8 Å². The molecule has 1 fully saturated rings. The van der Waals surface area contributed by atoms with E-state index in [1.807, 2.05) is 0 Å². The van der Waals surface area contributed by atoms with Gasteiger partial charge in [0.15, 0.2) is 5.95 Å². The summed E-state index contributed by atoms with van der Waals surface area (Å²) in [5, 5.41) is 18.9. The number of aliphatic hydroxyl groups excluding tert-OH is 2. The van der Waals surface area contributed by atoms with Gasteiger partial charge in [-0.3, -0.25) is 4.52 Å². The van der Waals surface area contributed by atoms with Crippen molar-refractivity contribution < 1.29 is 33.8 Å². The number of anilines is 1. The van der Waals surface area contributed by atoms with E-state index >= 15 is 0 Å². The number of aliphatic hydroxyl groups is 2. The van der Waals surface area contributed by atoms with Crippen LogP contribution in [0.5, 0.6) is 0 Å². The molecule has 4 atom stereocenters. The maximum Gasteiger partial charge on any atom is 0.470 e. The van der Waals surface area contributed by atoms with Crippen LogP contribution in [0.25, 0.3) is 0 Å². The summed E-state index contributed by atoms with van der Waals surface area (Å²) in [6, 6.07) is 0. The number of hydrogen-bond donors (Lipinski definition) is 6. The highest BCUT2D eigenvalue weighted by Crippen LogP contribution is 2.45. The van der Waals surface area contributed by atoms with E-state index in [1.165, 1.54) is 6.20 Å². The van der Waals surface area contributed by atoms with Crippen LogP contribution in [0.1, 0.15) is 11.8 Å². The number of ether oxygens (including phenoxy) is 1. The van der Waals surface area contributed by atoms with Crippen LogP contribution >= 0.6 is 7.82 Å². The van der Waals surface area contributed by atoms with Gasteiger partial charge in [0, 0.05) is 0 Å². The first-order valence-electron chi connectivity index (χ1n) is 5.30. The number of aromatic nitrogens is 2. The molecule has 11 heteroatoms. The maximum absolute atomic E-state index is 10.9. The van der Waals surface area contributed by atoms with E-state index in [0.717, 1.165) is 0 Å². The normalized spacial score (nSPS) is 31.8. The molecule has 0 spiro atoms. The smallest absolute Gasteiger partial charge is 0.394 e. The molecule has 0 aliphatic carbocycles. The second-order valence-electron chi connectivity index (χ2n) is 4.05. The Bertz CT molecular complexity index is 488. The van der Waals surface area contributed by atoms with Crippen LogP contribution in [0.15, 0.2) is 6.20 Å². The highest BCUT2D eigenvalue weighted by molar-refractivity contribution is 7.46. The minimum Gasteiger partial charge on any atom is -0.394 e. The third-order valence-corrected chi connectivity index (χ3v) is 3.22. The lowest BCUT2D eigenvalue weighted by Crippen LogP contribution is -2.34. The lowest BCUT2D eigenvalue weighted by atomic mass is 10.1. The number of phosphoric acid groups is 1. The SMILES string of the molecule is Nc1ncc(C2O[C@H](CO)[C@@H](O)[C@H]2OP(=O)(O)O)[nH]1. The van der Waals surface area contributed by atoms with Gasteiger partial charge < -0.3 is 35.5 Å². The molecule has 0 radical (unpaired) electrons. The van der Waals surface area contributed by atoms with Crippen LogP contribution in [0, 0.1) is 0 Å². The van der Waals surface area contributed by atoms with Gasteiger partial charge >= 0.3 is 7.82 Å². The van der Waals surface area contributed by atoms with Gasteiger partial charge in [0.25, 0.3) is 0 Å². The van der Waals surface area contributed by atoms with Gasteiger partial charge in [0.2, 0.25) is 0 Å². The molecule has 1 unspecified atom stereocenters. The molecule has 2 heterocycles. The maximum atomic E-state index is 10.9. The van der Waals surface area contributed by atoms with Gasteiger partial charge in [-0.15, -0.1) is 0 Å². The summed E-state index contributed by atoms with van der Waals surface area (Å²) in [6.45, 7) is -0.525. The number of phosphoric ester groups is 1. The molecule has 1 aromatic heterocycles. The summed E-state index contributed by atoms with van der Waals surface area (Å²) >= 11 is 0. The first-order chi connectivity index (χ1) is 8.81. The summed E-state index contributed by atoms with van der Waals surface area (Å²) < 4.78 is 20.7. The van der Waals surface area contributed by atoms with Crippen molar-refractivity contribution in [3.8, 4) is 0 Å². The van der Waals surface area contributed by atoms with Gasteiger partial charge in [-0.2, -0.15) is 0 Å². The number of hydrogen-bond acceptors (Lipinski definition) is 7. The van der Waals surface area contributed by atoms with E-state index in [4.69, 9.17) is 25.4 Å². The highest BCUT2D eigenvalue weighted by Gasteiger charge is 2.48. The Balaban J connectivity index is 2.26. The number of aromatic amines is 1. The summed E-state index contributed by atoms with van der Waals surface area (Å²) in [5.74, 6) is 0.0791. The minimum atomic E-state index is -4.83. The van der Waals surface area contributed by atoms with E-state index in [9.17, 15) is 9.67 Å². The second-order valence-corrected chi connectivity index (χ2v) is 5.24. The molecule has 1 aliphatic heterocycles. The first kappa shape index (κ1) is 14.4. The van der Waals surface area contributed by atoms with Crippen molar-refractivity contribution in [2.75, 3.05) is 12.3 Å². The van der Waals surface area contributed by atoms with Crippen LogP contribution in [0.4, 0.5) is 5.95 Å². The standard InChI is InChI=1S/C8H14N3O7P/c9-8-10-1-3(11-8)6-7(18-19(14,15)16)5(13)4(2-12)17-6/h1,4-7,12-13H,2H2,(H3,9,10,11)(H2,14,15,16)/t4-,5-,6?,7-/m1/s1. The zero-order chi connectivity index (χ0) is 14.2. The number of nitrogens with two attached hydrogens (primary N) is 1. The number of nitrogens with zero attached hydrogens (tertiary/aromatic N) is 1. The van der Waals surface area contributed by atoms with E-state index in [1.54, 1.807) is 0 Å². The molecule has 0 amide bonds. The molecular formula is C8H14N3O7P. The van der Waals surface area contributed by atoms with Gasteiger partial charge in [-0.25, -0.2) is 9.55 Å². The van der Waals surface area contributed by atoms with Crippen molar-refractivity contribution in [2.24, 2.45) is 0 Å². The Morgan fingerprint density at radius 3 is 2.74 bits per heavy atom. The third-order valence-electron chi connectivity index (χ3n) is 2.70. The largest absolute Gasteiger partial charge is 0.470 e. The predicted molar refractivity (Wildman–Crippen MR) is 60.6 cm³/mol. The monoisotopic (exact) mass is 295 g/mol. The Hall–Kier alpha value is -1.00. The third kappa shape index (κ3) is 3.12. The van der Waals surface area contributed by atoms with Crippen LogP contribution in [-0.2, 0) is 13.8 Å². The highest BCUT2D eigenvalue weighted by atomic mass is 31.2. The molecule has 2 rings (SSSR count). The summed E-state index contributed by atoms with van der Waals surface area (Å²) in [4.78, 5) is 24.0. The van der Waals surface area contributed by atoms with E-state index in [2.05, 4.69) is 14.5 Å². The zero-order valence-electron chi connectivity index (χ0n) is 9.58. The van der Waals surface area contributed by atoms with E-state index in [-0.39, 0.29) is 11.6 Å². The fourth-order valence-electron chi connectivity index (χ4n) is 1.91. The summed E-state index contributed by atoms with van der Waals surface area (Å²) in [5.41, 5.74) is 5.68. The van der Waals surface area contributed by atoms with Crippen molar-refractivity contribution in [3.05, 3.63) is 11.9 Å². The van der Waals surface area contributed by atoms with Crippen LogP contribution in [0.3, 0.4) is 0 Å². The minimum absolute atomic E-state index is 0.0791. The van der Waals surface area contributed by atoms with Crippen LogP contribution in [0.2, 0.25) is 0 Å². The van der Waals surface area contributed by atoms with Crippen molar-refractivity contribution in [1.29, 1.82) is 0 Å². The molecule has 0 saturated carbocycles. The summed E-state index contributed by atoms with van der Waals surface area (Å²) in [6.07, 6.45) is -3.50. The van der Waals surface area contributed by atoms with Crippen molar-refractivity contribution in [3.63, 3.8) is 0 Å². The fraction of sp³-hybridized carbons (Fsp3) is 0.625. The number of nitrogens with one attached hydrogen (secondary N) is 1. The second kappa shape index (κ2) is 5.17. The number of nitrogen functional groups attached to an aromatic ring is 1. The molecular weight excluding hydrogens is 281 g/mol. The quantitative estimate of drug-likeness (QED) is 0.353. The average Bonchev–Trinajstić information content (AvgIpc) is 2.83. The van der Waals surface area contributed by atoms with Gasteiger partial charge in [-0.1, -0.05) is 0 Å². The molecule has 0 bridgehead atoms. The van der Waals surface area contributed by atoms with E-state index in [0.29, 0.717) is 0 Å². The topological polar surface area (TPSA) is 171 Å². The molecule has 10 nitrogen and oxygen atoms in total. The molecule has 0 aromatic carbocycles. The number of rotatable bonds is 4. The lowest BCUT2D eigenvalue weighted by Gasteiger charge is -2.20. The molecule has 19 heavy (non-hydrogen) atoms. The van der Waals surface area contributed by atoms with E-state index < -0.39 is 38.8 Å². The average molecular weight is 295 g/mol. The molecule has 108 valence electrons. The molecule has 1 saturated heterocycles. The van der Waals surface area contributed by atoms with Crippen molar-refractivity contribution in [1.82, 2.24) is 9.97 Å². The van der Waals surface area contributed by atoms with Gasteiger partial charge in [0.1, 0.15) is 24.4 Å². The molecule has 7 N–H and O–H groups in total. The molecule has 1 aliphatic rings. The van der Waals surface area contributed by atoms with Crippen LogP contribution in [-0.4, -0.2) is 54.9 Å². The lowest BCUT2D eigenvalue weighted by molar-refractivity contribution is -0.0237. The van der Waals surface area contributed by atoms with Gasteiger partial charge in [0.05, 0.1) is 18.5 Å². The fourth-order valence-corrected chi connectivity index (χ4v) is 2.46. The number of imidazole rings is 1. The Labute approximate surface area is 107 Å². The summed E-state index contributed by atoms with van der Waals surface area (Å²) in [7, 11) is -4.83. The number of H-pyrrole nitrogens is 1. The zero-order valence-corrected chi connectivity index (χ0v) is 10.5. The van der Waals surface area contributed by atoms with Crippen LogP contribution < -0.4 is 5.73 Å². The first-order valence-corrected chi connectivity index (χ1v) is 6.83. The van der Waals surface area contributed by atoms with Gasteiger partial charge in [-0.05, 0) is 0 Å². The Morgan fingerprint density at radius 1 is 1.58 bits per heavy atom.